The maximum Gasteiger partial charge on any atom is 0.0194 e. The lowest BCUT2D eigenvalue weighted by atomic mass is 9.91. The number of rotatable bonds is 1. The second kappa shape index (κ2) is 3.18. The molecular weight excluding hydrogens is 112 g/mol. The van der Waals surface area contributed by atoms with Crippen molar-refractivity contribution < 1.29 is 0 Å². The Balaban J connectivity index is 2.30. The fourth-order valence-electron chi connectivity index (χ4n) is 1.44. The SMILES string of the molecule is CC[C@H]1CCNC[C@@H]1N. The van der Waals surface area contributed by atoms with Crippen LogP contribution in [0.3, 0.4) is 0 Å². The monoisotopic (exact) mass is 128 g/mol. The summed E-state index contributed by atoms with van der Waals surface area (Å²) in [6.45, 7) is 4.39. The van der Waals surface area contributed by atoms with Crippen molar-refractivity contribution >= 4 is 0 Å². The maximum absolute atomic E-state index is 5.83. The molecule has 3 N–H and O–H groups in total. The summed E-state index contributed by atoms with van der Waals surface area (Å²) in [6, 6.07) is 0.406. The molecule has 0 amide bonds. The lowest BCUT2D eigenvalue weighted by Crippen LogP contribution is -2.45. The summed E-state index contributed by atoms with van der Waals surface area (Å²) in [6.07, 6.45) is 2.50. The van der Waals surface area contributed by atoms with Crippen molar-refractivity contribution in [2.45, 2.75) is 25.8 Å². The van der Waals surface area contributed by atoms with E-state index in [9.17, 15) is 0 Å². The summed E-state index contributed by atoms with van der Waals surface area (Å²) < 4.78 is 0. The van der Waals surface area contributed by atoms with Gasteiger partial charge in [-0.3, -0.25) is 0 Å². The third-order valence-electron chi connectivity index (χ3n) is 2.20. The van der Waals surface area contributed by atoms with Gasteiger partial charge in [0.15, 0.2) is 0 Å². The van der Waals surface area contributed by atoms with E-state index in [1.54, 1.807) is 0 Å². The van der Waals surface area contributed by atoms with Crippen LogP contribution in [0.5, 0.6) is 0 Å². The summed E-state index contributed by atoms with van der Waals surface area (Å²) in [5, 5.41) is 3.27. The van der Waals surface area contributed by atoms with E-state index in [4.69, 9.17) is 5.73 Å². The van der Waals surface area contributed by atoms with E-state index in [1.807, 2.05) is 0 Å². The van der Waals surface area contributed by atoms with Crippen molar-refractivity contribution in [3.05, 3.63) is 0 Å². The van der Waals surface area contributed by atoms with E-state index in [1.165, 1.54) is 12.8 Å². The number of hydrogen-bond donors (Lipinski definition) is 2. The Morgan fingerprint density at radius 2 is 2.44 bits per heavy atom. The van der Waals surface area contributed by atoms with Crippen molar-refractivity contribution in [3.63, 3.8) is 0 Å². The van der Waals surface area contributed by atoms with Gasteiger partial charge in [0.05, 0.1) is 0 Å². The first-order valence-electron chi connectivity index (χ1n) is 3.81. The van der Waals surface area contributed by atoms with Gasteiger partial charge in [-0.05, 0) is 18.9 Å². The number of hydrogen-bond acceptors (Lipinski definition) is 2. The van der Waals surface area contributed by atoms with Crippen LogP contribution in [0.1, 0.15) is 19.8 Å². The summed E-state index contributed by atoms with van der Waals surface area (Å²) in [5.41, 5.74) is 5.83. The molecule has 0 aromatic rings. The van der Waals surface area contributed by atoms with Crippen LogP contribution in [-0.2, 0) is 0 Å². The van der Waals surface area contributed by atoms with Gasteiger partial charge in [0.25, 0.3) is 0 Å². The van der Waals surface area contributed by atoms with E-state index in [0.717, 1.165) is 19.0 Å². The zero-order chi connectivity index (χ0) is 6.69. The number of nitrogens with two attached hydrogens (primary N) is 1. The van der Waals surface area contributed by atoms with Gasteiger partial charge in [0.2, 0.25) is 0 Å². The smallest absolute Gasteiger partial charge is 0.0194 e. The quantitative estimate of drug-likeness (QED) is 0.534. The Kier molecular flexibility index (Phi) is 2.49. The normalized spacial score (nSPS) is 36.7. The zero-order valence-electron chi connectivity index (χ0n) is 6.06. The van der Waals surface area contributed by atoms with Crippen molar-refractivity contribution in [1.29, 1.82) is 0 Å². The van der Waals surface area contributed by atoms with Gasteiger partial charge in [0.1, 0.15) is 0 Å². The molecule has 1 rings (SSSR count). The molecule has 2 atom stereocenters. The van der Waals surface area contributed by atoms with Gasteiger partial charge in [-0.15, -0.1) is 0 Å². The molecule has 1 aliphatic rings. The number of piperidine rings is 1. The Bertz CT molecular complexity index is 83.0. The molecule has 1 fully saturated rings. The zero-order valence-corrected chi connectivity index (χ0v) is 6.06. The molecule has 54 valence electrons. The molecule has 1 saturated heterocycles. The van der Waals surface area contributed by atoms with Gasteiger partial charge >= 0.3 is 0 Å². The van der Waals surface area contributed by atoms with Gasteiger partial charge in [-0.2, -0.15) is 0 Å². The van der Waals surface area contributed by atoms with Crippen molar-refractivity contribution in [2.24, 2.45) is 11.7 Å². The second-order valence-electron chi connectivity index (χ2n) is 2.82. The molecule has 0 aliphatic carbocycles. The van der Waals surface area contributed by atoms with E-state index < -0.39 is 0 Å². The first-order chi connectivity index (χ1) is 4.34. The van der Waals surface area contributed by atoms with Crippen LogP contribution < -0.4 is 11.1 Å². The van der Waals surface area contributed by atoms with Crippen LogP contribution in [-0.4, -0.2) is 19.1 Å². The van der Waals surface area contributed by atoms with Gasteiger partial charge in [0, 0.05) is 12.6 Å². The molecule has 0 aromatic carbocycles. The molecule has 0 unspecified atom stereocenters. The highest BCUT2D eigenvalue weighted by Gasteiger charge is 2.18. The van der Waals surface area contributed by atoms with Crippen molar-refractivity contribution in [2.75, 3.05) is 13.1 Å². The first-order valence-corrected chi connectivity index (χ1v) is 3.81. The third kappa shape index (κ3) is 1.66. The highest BCUT2D eigenvalue weighted by Crippen LogP contribution is 2.13. The lowest BCUT2D eigenvalue weighted by Gasteiger charge is -2.28. The first kappa shape index (κ1) is 7.03. The molecule has 9 heavy (non-hydrogen) atoms. The highest BCUT2D eigenvalue weighted by atomic mass is 14.9. The molecule has 0 aromatic heterocycles. The van der Waals surface area contributed by atoms with Crippen LogP contribution >= 0.6 is 0 Å². The average Bonchev–Trinajstić information content (AvgIpc) is 1.89. The number of nitrogens with one attached hydrogen (secondary N) is 1. The molecule has 0 spiro atoms. The Labute approximate surface area is 56.8 Å². The van der Waals surface area contributed by atoms with Crippen LogP contribution in [0.2, 0.25) is 0 Å². The van der Waals surface area contributed by atoms with Crippen LogP contribution in [0.15, 0.2) is 0 Å². The van der Waals surface area contributed by atoms with E-state index in [2.05, 4.69) is 12.2 Å². The fourth-order valence-corrected chi connectivity index (χ4v) is 1.44. The van der Waals surface area contributed by atoms with E-state index in [-0.39, 0.29) is 0 Å². The third-order valence-corrected chi connectivity index (χ3v) is 2.20. The highest BCUT2D eigenvalue weighted by molar-refractivity contribution is 4.79. The molecule has 0 saturated carbocycles. The predicted octanol–water partition coefficient (Wildman–Crippen LogP) is 0.333. The Morgan fingerprint density at radius 3 is 2.89 bits per heavy atom. The summed E-state index contributed by atoms with van der Waals surface area (Å²) in [7, 11) is 0. The molecule has 1 heterocycles. The molecule has 2 nitrogen and oxygen atoms in total. The standard InChI is InChI=1S/C7H16N2/c1-2-6-3-4-9-5-7(6)8/h6-7,9H,2-5,8H2,1H3/t6-,7-/m0/s1. The Hall–Kier alpha value is -0.0800. The lowest BCUT2D eigenvalue weighted by molar-refractivity contribution is 0.316. The molecule has 1 aliphatic heterocycles. The molecule has 0 radical (unpaired) electrons. The molecule has 0 bridgehead atoms. The largest absolute Gasteiger partial charge is 0.326 e. The van der Waals surface area contributed by atoms with Crippen LogP contribution in [0.25, 0.3) is 0 Å². The average molecular weight is 128 g/mol. The van der Waals surface area contributed by atoms with E-state index in [0.29, 0.717) is 6.04 Å². The maximum atomic E-state index is 5.83. The van der Waals surface area contributed by atoms with Crippen LogP contribution in [0.4, 0.5) is 0 Å². The van der Waals surface area contributed by atoms with Crippen LogP contribution in [0, 0.1) is 5.92 Å². The van der Waals surface area contributed by atoms with Gasteiger partial charge < -0.3 is 11.1 Å². The minimum Gasteiger partial charge on any atom is -0.326 e. The van der Waals surface area contributed by atoms with Gasteiger partial charge in [-0.25, -0.2) is 0 Å². The summed E-state index contributed by atoms with van der Waals surface area (Å²) in [4.78, 5) is 0. The van der Waals surface area contributed by atoms with Crippen molar-refractivity contribution in [1.82, 2.24) is 5.32 Å². The molecular formula is C7H16N2. The predicted molar refractivity (Wildman–Crippen MR) is 39.2 cm³/mol. The van der Waals surface area contributed by atoms with Gasteiger partial charge in [-0.1, -0.05) is 13.3 Å². The van der Waals surface area contributed by atoms with Crippen molar-refractivity contribution in [3.8, 4) is 0 Å². The second-order valence-corrected chi connectivity index (χ2v) is 2.82. The summed E-state index contributed by atoms with van der Waals surface area (Å²) in [5.74, 6) is 0.770. The molecule has 2 heteroatoms. The minimum absolute atomic E-state index is 0.406. The summed E-state index contributed by atoms with van der Waals surface area (Å²) >= 11 is 0. The van der Waals surface area contributed by atoms with E-state index >= 15 is 0 Å². The fraction of sp³-hybridized carbons (Fsp3) is 1.00. The topological polar surface area (TPSA) is 38.0 Å². The minimum atomic E-state index is 0.406. The Morgan fingerprint density at radius 1 is 1.67 bits per heavy atom.